The van der Waals surface area contributed by atoms with E-state index in [-0.39, 0.29) is 18.7 Å². The molecule has 2 heterocycles. The highest BCUT2D eigenvalue weighted by Crippen LogP contribution is 2.36. The first-order valence-electron chi connectivity index (χ1n) is 8.34. The lowest BCUT2D eigenvalue weighted by molar-refractivity contribution is -0.155. The maximum Gasteiger partial charge on any atom is 0.367 e. The van der Waals surface area contributed by atoms with Gasteiger partial charge in [0.05, 0.1) is 22.6 Å². The average molecular weight is 443 g/mol. The summed E-state index contributed by atoms with van der Waals surface area (Å²) in [6, 6.07) is 10.4. The van der Waals surface area contributed by atoms with Gasteiger partial charge in [-0.2, -0.15) is 0 Å². The van der Waals surface area contributed by atoms with Crippen LogP contribution in [0.25, 0.3) is 0 Å². The van der Waals surface area contributed by atoms with E-state index in [2.05, 4.69) is 11.9 Å². The number of carbonyl (C=O) groups excluding carboxylic acids is 2. The van der Waals surface area contributed by atoms with Crippen LogP contribution >= 0.6 is 22.6 Å². The monoisotopic (exact) mass is 443 g/mol. The molecule has 3 rings (SSSR count). The molecule has 6 heteroatoms. The van der Waals surface area contributed by atoms with Gasteiger partial charge < -0.3 is 14.4 Å². The first-order chi connectivity index (χ1) is 11.5. The Balaban J connectivity index is 1.66. The van der Waals surface area contributed by atoms with Crippen molar-refractivity contribution in [2.24, 2.45) is 0 Å². The Morgan fingerprint density at radius 1 is 1.21 bits per heavy atom. The number of benzene rings is 1. The summed E-state index contributed by atoms with van der Waals surface area (Å²) < 4.78 is 10.5. The molecule has 2 fully saturated rings. The fourth-order valence-corrected chi connectivity index (χ4v) is 4.02. The number of rotatable bonds is 5. The smallest absolute Gasteiger partial charge is 0.367 e. The van der Waals surface area contributed by atoms with Gasteiger partial charge in [-0.25, -0.2) is 4.79 Å². The van der Waals surface area contributed by atoms with E-state index in [0.717, 1.165) is 18.4 Å². The van der Waals surface area contributed by atoms with Crippen molar-refractivity contribution in [3.05, 3.63) is 35.9 Å². The maximum absolute atomic E-state index is 12.7. The molecule has 2 saturated heterocycles. The van der Waals surface area contributed by atoms with Crippen molar-refractivity contribution in [2.75, 3.05) is 13.7 Å². The zero-order valence-corrected chi connectivity index (χ0v) is 15.8. The third-order valence-electron chi connectivity index (χ3n) is 5.19. The summed E-state index contributed by atoms with van der Waals surface area (Å²) in [5.74, 6) is -0.866. The average Bonchev–Trinajstić information content (AvgIpc) is 2.77. The molecule has 1 aromatic rings. The summed E-state index contributed by atoms with van der Waals surface area (Å²) in [6.07, 6.45) is 4.12. The summed E-state index contributed by atoms with van der Waals surface area (Å²) in [5, 5.41) is 0. The molecule has 2 bridgehead atoms. The van der Waals surface area contributed by atoms with E-state index in [0.29, 0.717) is 12.1 Å². The third kappa shape index (κ3) is 4.08. The van der Waals surface area contributed by atoms with Crippen molar-refractivity contribution < 1.29 is 19.1 Å². The van der Waals surface area contributed by atoms with Crippen LogP contribution in [0.2, 0.25) is 0 Å². The highest BCUT2D eigenvalue weighted by atomic mass is 127. The van der Waals surface area contributed by atoms with Gasteiger partial charge >= 0.3 is 9.95 Å². The van der Waals surface area contributed by atoms with Crippen molar-refractivity contribution in [1.82, 2.24) is 4.90 Å². The van der Waals surface area contributed by atoms with Gasteiger partial charge in [-0.1, -0.05) is 30.3 Å². The summed E-state index contributed by atoms with van der Waals surface area (Å²) in [5.41, 5.74) is 0.816. The standard InChI is InChI=1S/C18H22INO4/c1-20-13-7-8-14(20)10-15(9-13)24-17(21)16(11-23-18(19)22)12-5-3-2-4-6-12/h2-6,13-16H,7-11H2,1H3. The van der Waals surface area contributed by atoms with E-state index in [1.165, 1.54) is 12.8 Å². The van der Waals surface area contributed by atoms with Crippen LogP contribution in [-0.2, 0) is 14.3 Å². The van der Waals surface area contributed by atoms with Crippen LogP contribution in [-0.4, -0.2) is 46.7 Å². The molecular weight excluding hydrogens is 421 g/mol. The second-order valence-electron chi connectivity index (χ2n) is 6.59. The van der Waals surface area contributed by atoms with E-state index in [1.807, 2.05) is 30.3 Å². The molecule has 2 aliphatic rings. The van der Waals surface area contributed by atoms with Crippen molar-refractivity contribution in [3.63, 3.8) is 0 Å². The first kappa shape index (κ1) is 17.7. The fourth-order valence-electron chi connectivity index (χ4n) is 3.84. The number of carbonyl (C=O) groups is 2. The normalized spacial score (nSPS) is 27.5. The topological polar surface area (TPSA) is 55.8 Å². The summed E-state index contributed by atoms with van der Waals surface area (Å²) in [7, 11) is 2.16. The number of esters is 1. The lowest BCUT2D eigenvalue weighted by Gasteiger charge is -2.36. The van der Waals surface area contributed by atoms with E-state index in [1.54, 1.807) is 22.6 Å². The number of piperidine rings is 1. The second-order valence-corrected chi connectivity index (χ2v) is 7.47. The number of hydrogen-bond donors (Lipinski definition) is 0. The van der Waals surface area contributed by atoms with Gasteiger partial charge in [0.15, 0.2) is 0 Å². The molecule has 5 nitrogen and oxygen atoms in total. The van der Waals surface area contributed by atoms with Gasteiger partial charge in [-0.05, 0) is 38.3 Å². The largest absolute Gasteiger partial charge is 0.462 e. The molecule has 3 atom stereocenters. The van der Waals surface area contributed by atoms with Crippen molar-refractivity contribution in [3.8, 4) is 0 Å². The zero-order valence-electron chi connectivity index (χ0n) is 13.7. The Labute approximate surface area is 155 Å². The minimum absolute atomic E-state index is 0.0180. The quantitative estimate of drug-likeness (QED) is 0.396. The van der Waals surface area contributed by atoms with Gasteiger partial charge in [0.25, 0.3) is 0 Å². The van der Waals surface area contributed by atoms with Gasteiger partial charge in [0.1, 0.15) is 18.6 Å². The Morgan fingerprint density at radius 3 is 2.42 bits per heavy atom. The van der Waals surface area contributed by atoms with Crippen molar-refractivity contribution >= 4 is 32.5 Å². The molecule has 0 amide bonds. The summed E-state index contributed by atoms with van der Waals surface area (Å²) in [4.78, 5) is 26.3. The van der Waals surface area contributed by atoms with Crippen LogP contribution in [0.1, 0.15) is 37.2 Å². The zero-order chi connectivity index (χ0) is 17.1. The van der Waals surface area contributed by atoms with Crippen molar-refractivity contribution in [2.45, 2.75) is 49.8 Å². The molecule has 0 radical (unpaired) electrons. The Hall–Kier alpha value is -1.15. The Morgan fingerprint density at radius 2 is 1.83 bits per heavy atom. The fraction of sp³-hybridized carbons (Fsp3) is 0.556. The van der Waals surface area contributed by atoms with Gasteiger partial charge in [-0.3, -0.25) is 4.79 Å². The molecule has 2 aliphatic heterocycles. The van der Waals surface area contributed by atoms with E-state index in [9.17, 15) is 9.59 Å². The van der Waals surface area contributed by atoms with Crippen molar-refractivity contribution in [1.29, 1.82) is 0 Å². The number of fused-ring (bicyclic) bond motifs is 2. The minimum atomic E-state index is -0.567. The maximum atomic E-state index is 12.7. The SMILES string of the molecule is CN1C2CCC1CC(OC(=O)C(COC(=O)I)c1ccccc1)C2. The van der Waals surface area contributed by atoms with Crippen LogP contribution in [0.3, 0.4) is 0 Å². The Kier molecular flexibility index (Phi) is 5.76. The number of nitrogens with zero attached hydrogens (tertiary/aromatic N) is 1. The molecule has 1 aromatic carbocycles. The summed E-state index contributed by atoms with van der Waals surface area (Å²) in [6.45, 7) is 0.0180. The van der Waals surface area contributed by atoms with Crippen LogP contribution in [0.4, 0.5) is 4.79 Å². The molecule has 0 N–H and O–H groups in total. The predicted octanol–water partition coefficient (Wildman–Crippen LogP) is 3.51. The molecule has 24 heavy (non-hydrogen) atoms. The van der Waals surface area contributed by atoms with E-state index in [4.69, 9.17) is 9.47 Å². The Bertz CT molecular complexity index is 580. The molecular formula is C18H22INO4. The van der Waals surface area contributed by atoms with Gasteiger partial charge in [0.2, 0.25) is 0 Å². The molecule has 130 valence electrons. The van der Waals surface area contributed by atoms with Crippen LogP contribution in [0.15, 0.2) is 30.3 Å². The first-order valence-corrected chi connectivity index (χ1v) is 9.42. The van der Waals surface area contributed by atoms with Gasteiger partial charge in [-0.15, -0.1) is 0 Å². The van der Waals surface area contributed by atoms with E-state index < -0.39 is 9.89 Å². The number of hydrogen-bond acceptors (Lipinski definition) is 5. The lowest BCUT2D eigenvalue weighted by Crippen LogP contribution is -2.44. The van der Waals surface area contributed by atoms with Crippen LogP contribution in [0, 0.1) is 0 Å². The van der Waals surface area contributed by atoms with Crippen LogP contribution in [0.5, 0.6) is 0 Å². The molecule has 0 aliphatic carbocycles. The van der Waals surface area contributed by atoms with E-state index >= 15 is 0 Å². The highest BCUT2D eigenvalue weighted by molar-refractivity contribution is 14.1. The summed E-state index contributed by atoms with van der Waals surface area (Å²) >= 11 is 1.57. The molecule has 0 aromatic heterocycles. The molecule has 0 saturated carbocycles. The number of halogens is 1. The van der Waals surface area contributed by atoms with Gasteiger partial charge in [0, 0.05) is 12.1 Å². The van der Waals surface area contributed by atoms with Crippen LogP contribution < -0.4 is 0 Å². The molecule has 0 spiro atoms. The number of ether oxygens (including phenoxy) is 2. The lowest BCUT2D eigenvalue weighted by atomic mass is 9.98. The molecule has 3 unspecified atom stereocenters. The highest BCUT2D eigenvalue weighted by Gasteiger charge is 2.40. The third-order valence-corrected chi connectivity index (χ3v) is 5.50. The second kappa shape index (κ2) is 7.82. The minimum Gasteiger partial charge on any atom is -0.462 e. The predicted molar refractivity (Wildman–Crippen MR) is 98.2 cm³/mol.